The Hall–Kier alpha value is -1.88. The topological polar surface area (TPSA) is 45.3 Å². The summed E-state index contributed by atoms with van der Waals surface area (Å²) in [5.74, 6) is -0.214. The van der Waals surface area contributed by atoms with Gasteiger partial charge in [-0.15, -0.1) is 0 Å². The van der Waals surface area contributed by atoms with Crippen LogP contribution in [0.5, 0.6) is 0 Å². The zero-order chi connectivity index (χ0) is 15.0. The van der Waals surface area contributed by atoms with E-state index >= 15 is 0 Å². The zero-order valence-corrected chi connectivity index (χ0v) is 12.3. The number of rotatable bonds is 2. The summed E-state index contributed by atoms with van der Waals surface area (Å²) in [5, 5.41) is 0.794. The number of amides is 1. The SMILES string of the molecule is Cc1[nH]c2ccc(F)cc2c1CC(=O)N1CCO[C@H](C)C1. The molecule has 1 aromatic carbocycles. The van der Waals surface area contributed by atoms with Crippen LogP contribution in [-0.4, -0.2) is 41.6 Å². The lowest BCUT2D eigenvalue weighted by atomic mass is 10.1. The second-order valence-corrected chi connectivity index (χ2v) is 5.62. The van der Waals surface area contributed by atoms with Gasteiger partial charge in [-0.1, -0.05) is 0 Å². The maximum atomic E-state index is 13.4. The number of morpholine rings is 1. The van der Waals surface area contributed by atoms with Crippen LogP contribution in [0.1, 0.15) is 18.2 Å². The molecular weight excluding hydrogens is 271 g/mol. The second kappa shape index (κ2) is 5.48. The zero-order valence-electron chi connectivity index (χ0n) is 12.3. The van der Waals surface area contributed by atoms with E-state index < -0.39 is 0 Å². The van der Waals surface area contributed by atoms with E-state index in [-0.39, 0.29) is 17.8 Å². The van der Waals surface area contributed by atoms with Crippen molar-refractivity contribution in [2.24, 2.45) is 0 Å². The van der Waals surface area contributed by atoms with Gasteiger partial charge in [-0.2, -0.15) is 0 Å². The van der Waals surface area contributed by atoms with Crippen LogP contribution < -0.4 is 0 Å². The van der Waals surface area contributed by atoms with E-state index in [1.54, 1.807) is 6.07 Å². The number of ether oxygens (including phenoxy) is 1. The smallest absolute Gasteiger partial charge is 0.227 e. The summed E-state index contributed by atoms with van der Waals surface area (Å²) >= 11 is 0. The highest BCUT2D eigenvalue weighted by molar-refractivity contribution is 5.90. The van der Waals surface area contributed by atoms with E-state index in [0.29, 0.717) is 26.1 Å². The highest BCUT2D eigenvalue weighted by atomic mass is 19.1. The van der Waals surface area contributed by atoms with Gasteiger partial charge < -0.3 is 14.6 Å². The third-order valence-electron chi connectivity index (χ3n) is 4.00. The molecule has 0 saturated carbocycles. The average Bonchev–Trinajstić information content (AvgIpc) is 2.75. The number of aromatic nitrogens is 1. The predicted molar refractivity (Wildman–Crippen MR) is 78.7 cm³/mol. The third kappa shape index (κ3) is 2.78. The first kappa shape index (κ1) is 14.1. The number of aromatic amines is 1. The fraction of sp³-hybridized carbons (Fsp3) is 0.438. The van der Waals surface area contributed by atoms with Gasteiger partial charge in [-0.3, -0.25) is 4.79 Å². The molecule has 1 atom stereocenters. The van der Waals surface area contributed by atoms with Crippen molar-refractivity contribution in [1.29, 1.82) is 0 Å². The Morgan fingerprint density at radius 2 is 2.33 bits per heavy atom. The number of halogens is 1. The van der Waals surface area contributed by atoms with Crippen LogP contribution in [0.3, 0.4) is 0 Å². The van der Waals surface area contributed by atoms with Crippen LogP contribution >= 0.6 is 0 Å². The monoisotopic (exact) mass is 290 g/mol. The first-order valence-corrected chi connectivity index (χ1v) is 7.20. The maximum absolute atomic E-state index is 13.4. The molecule has 1 aliphatic heterocycles. The van der Waals surface area contributed by atoms with Crippen molar-refractivity contribution in [2.45, 2.75) is 26.4 Å². The Bertz CT molecular complexity index is 680. The van der Waals surface area contributed by atoms with Gasteiger partial charge >= 0.3 is 0 Å². The van der Waals surface area contributed by atoms with Gasteiger partial charge in [0.15, 0.2) is 0 Å². The number of hydrogen-bond donors (Lipinski definition) is 1. The molecule has 1 aliphatic rings. The first-order valence-electron chi connectivity index (χ1n) is 7.20. The summed E-state index contributed by atoms with van der Waals surface area (Å²) in [7, 11) is 0. The van der Waals surface area contributed by atoms with E-state index in [1.165, 1.54) is 12.1 Å². The van der Waals surface area contributed by atoms with Crippen LogP contribution in [0.25, 0.3) is 10.9 Å². The van der Waals surface area contributed by atoms with Gasteiger partial charge in [0.1, 0.15) is 5.82 Å². The number of benzene rings is 1. The molecule has 1 fully saturated rings. The lowest BCUT2D eigenvalue weighted by Crippen LogP contribution is -2.45. The Morgan fingerprint density at radius 1 is 1.52 bits per heavy atom. The van der Waals surface area contributed by atoms with Gasteiger partial charge in [0.2, 0.25) is 5.91 Å². The lowest BCUT2D eigenvalue weighted by molar-refractivity contribution is -0.137. The fourth-order valence-electron chi connectivity index (χ4n) is 2.89. The lowest BCUT2D eigenvalue weighted by Gasteiger charge is -2.31. The normalized spacial score (nSPS) is 19.2. The van der Waals surface area contributed by atoms with Crippen molar-refractivity contribution in [1.82, 2.24) is 9.88 Å². The molecule has 1 N–H and O–H groups in total. The summed E-state index contributed by atoms with van der Waals surface area (Å²) in [4.78, 5) is 17.5. The molecular formula is C16H19FN2O2. The van der Waals surface area contributed by atoms with E-state index in [2.05, 4.69) is 4.98 Å². The van der Waals surface area contributed by atoms with E-state index in [9.17, 15) is 9.18 Å². The van der Waals surface area contributed by atoms with Crippen molar-refractivity contribution in [3.63, 3.8) is 0 Å². The third-order valence-corrected chi connectivity index (χ3v) is 4.00. The van der Waals surface area contributed by atoms with Crippen molar-refractivity contribution in [2.75, 3.05) is 19.7 Å². The number of nitrogens with zero attached hydrogens (tertiary/aromatic N) is 1. The van der Waals surface area contributed by atoms with Crippen LogP contribution in [0.4, 0.5) is 4.39 Å². The van der Waals surface area contributed by atoms with Gasteiger partial charge in [0.05, 0.1) is 19.1 Å². The van der Waals surface area contributed by atoms with Crippen LogP contribution in [-0.2, 0) is 16.0 Å². The van der Waals surface area contributed by atoms with Gasteiger partial charge in [0, 0.05) is 29.7 Å². The molecule has 0 bridgehead atoms. The van der Waals surface area contributed by atoms with Crippen molar-refractivity contribution in [3.05, 3.63) is 35.3 Å². The molecule has 0 aliphatic carbocycles. The molecule has 0 spiro atoms. The minimum absolute atomic E-state index is 0.0680. The predicted octanol–water partition coefficient (Wildman–Crippen LogP) is 2.41. The molecule has 112 valence electrons. The molecule has 1 amide bonds. The number of aryl methyl sites for hydroxylation is 1. The minimum atomic E-state index is -0.282. The summed E-state index contributed by atoms with van der Waals surface area (Å²) < 4.78 is 18.9. The molecule has 0 unspecified atom stereocenters. The first-order chi connectivity index (χ1) is 10.0. The number of hydrogen-bond acceptors (Lipinski definition) is 2. The summed E-state index contributed by atoms with van der Waals surface area (Å²) in [6, 6.07) is 4.62. The second-order valence-electron chi connectivity index (χ2n) is 5.62. The van der Waals surface area contributed by atoms with E-state index in [1.807, 2.05) is 18.7 Å². The molecule has 3 rings (SSSR count). The molecule has 5 heteroatoms. The van der Waals surface area contributed by atoms with E-state index in [0.717, 1.165) is 22.2 Å². The number of fused-ring (bicyclic) bond motifs is 1. The Balaban J connectivity index is 1.85. The molecule has 1 aromatic heterocycles. The number of carbonyl (C=O) groups excluding carboxylic acids is 1. The van der Waals surface area contributed by atoms with E-state index in [4.69, 9.17) is 4.74 Å². The largest absolute Gasteiger partial charge is 0.375 e. The Labute approximate surface area is 122 Å². The maximum Gasteiger partial charge on any atom is 0.227 e. The molecule has 21 heavy (non-hydrogen) atoms. The summed E-state index contributed by atoms with van der Waals surface area (Å²) in [6.07, 6.45) is 0.367. The number of H-pyrrole nitrogens is 1. The Kier molecular flexibility index (Phi) is 3.68. The summed E-state index contributed by atoms with van der Waals surface area (Å²) in [6.45, 7) is 5.70. The number of nitrogens with one attached hydrogen (secondary N) is 1. The molecule has 0 radical (unpaired) electrons. The van der Waals surface area contributed by atoms with Crippen molar-refractivity contribution in [3.8, 4) is 0 Å². The van der Waals surface area contributed by atoms with Crippen LogP contribution in [0.2, 0.25) is 0 Å². The average molecular weight is 290 g/mol. The molecule has 2 heterocycles. The highest BCUT2D eigenvalue weighted by Crippen LogP contribution is 2.24. The van der Waals surface area contributed by atoms with Gasteiger partial charge in [-0.25, -0.2) is 4.39 Å². The standard InChI is InChI=1S/C16H19FN2O2/c1-10-9-19(5-6-21-10)16(20)8-13-11(2)18-15-4-3-12(17)7-14(13)15/h3-4,7,10,18H,5-6,8-9H2,1-2H3/t10-/m1/s1. The van der Waals surface area contributed by atoms with Gasteiger partial charge in [0.25, 0.3) is 0 Å². The molecule has 2 aromatic rings. The highest BCUT2D eigenvalue weighted by Gasteiger charge is 2.23. The quantitative estimate of drug-likeness (QED) is 0.923. The van der Waals surface area contributed by atoms with Gasteiger partial charge in [-0.05, 0) is 37.6 Å². The molecule has 1 saturated heterocycles. The number of carbonyl (C=O) groups is 1. The van der Waals surface area contributed by atoms with Crippen molar-refractivity contribution >= 4 is 16.8 Å². The molecule has 4 nitrogen and oxygen atoms in total. The summed E-state index contributed by atoms with van der Waals surface area (Å²) in [5.41, 5.74) is 2.67. The Morgan fingerprint density at radius 3 is 3.10 bits per heavy atom. The van der Waals surface area contributed by atoms with Crippen LogP contribution in [0.15, 0.2) is 18.2 Å². The fourth-order valence-corrected chi connectivity index (χ4v) is 2.89. The minimum Gasteiger partial charge on any atom is -0.375 e. The van der Waals surface area contributed by atoms with Crippen LogP contribution in [0, 0.1) is 12.7 Å². The van der Waals surface area contributed by atoms with Crippen molar-refractivity contribution < 1.29 is 13.9 Å².